The van der Waals surface area contributed by atoms with Crippen LogP contribution in [0, 0.1) is 11.6 Å². The zero-order valence-corrected chi connectivity index (χ0v) is 10.6. The van der Waals surface area contributed by atoms with Gasteiger partial charge in [0.2, 0.25) is 0 Å². The summed E-state index contributed by atoms with van der Waals surface area (Å²) in [6.45, 7) is 1.01. The van der Waals surface area contributed by atoms with Gasteiger partial charge in [-0.3, -0.25) is 0 Å². The summed E-state index contributed by atoms with van der Waals surface area (Å²) in [4.78, 5) is 0. The number of anilines is 1. The second-order valence-electron chi connectivity index (χ2n) is 4.23. The molecular weight excluding hydrogens is 248 g/mol. The Kier molecular flexibility index (Phi) is 4.47. The van der Waals surface area contributed by atoms with Gasteiger partial charge in [0.1, 0.15) is 11.6 Å². The van der Waals surface area contributed by atoms with Crippen molar-refractivity contribution in [3.63, 3.8) is 0 Å². The monoisotopic (exact) mass is 263 g/mol. The van der Waals surface area contributed by atoms with Crippen LogP contribution in [0.5, 0.6) is 0 Å². The number of methoxy groups -OCH3 is 1. The van der Waals surface area contributed by atoms with Crippen LogP contribution in [0.1, 0.15) is 11.1 Å². The first-order valence-corrected chi connectivity index (χ1v) is 5.94. The molecule has 0 aliphatic carbocycles. The summed E-state index contributed by atoms with van der Waals surface area (Å²) < 4.78 is 31.3. The van der Waals surface area contributed by atoms with Gasteiger partial charge < -0.3 is 10.1 Å². The number of benzene rings is 2. The molecule has 0 aliphatic rings. The SMILES string of the molecule is COCc1cccc(CNc2ccc(F)cc2F)c1. The fourth-order valence-electron chi connectivity index (χ4n) is 1.83. The van der Waals surface area contributed by atoms with Crippen molar-refractivity contribution < 1.29 is 13.5 Å². The fourth-order valence-corrected chi connectivity index (χ4v) is 1.83. The third kappa shape index (κ3) is 3.76. The van der Waals surface area contributed by atoms with Crippen molar-refractivity contribution in [3.8, 4) is 0 Å². The van der Waals surface area contributed by atoms with Crippen LogP contribution in [-0.2, 0) is 17.9 Å². The van der Waals surface area contributed by atoms with E-state index in [0.717, 1.165) is 17.2 Å². The predicted molar refractivity (Wildman–Crippen MR) is 70.8 cm³/mol. The summed E-state index contributed by atoms with van der Waals surface area (Å²) in [7, 11) is 1.64. The van der Waals surface area contributed by atoms with Gasteiger partial charge in [-0.15, -0.1) is 0 Å². The Bertz CT molecular complexity index is 558. The zero-order valence-electron chi connectivity index (χ0n) is 10.6. The maximum absolute atomic E-state index is 13.4. The summed E-state index contributed by atoms with van der Waals surface area (Å²) in [6, 6.07) is 11.3. The minimum Gasteiger partial charge on any atom is -0.380 e. The molecule has 2 aromatic rings. The average molecular weight is 263 g/mol. The summed E-state index contributed by atoms with van der Waals surface area (Å²) in [5.74, 6) is -1.17. The summed E-state index contributed by atoms with van der Waals surface area (Å²) in [6.07, 6.45) is 0. The van der Waals surface area contributed by atoms with Crippen LogP contribution in [0.25, 0.3) is 0 Å². The molecule has 0 spiro atoms. The van der Waals surface area contributed by atoms with E-state index in [4.69, 9.17) is 4.74 Å². The molecule has 0 saturated carbocycles. The van der Waals surface area contributed by atoms with Crippen LogP contribution < -0.4 is 5.32 Å². The first kappa shape index (κ1) is 13.5. The maximum Gasteiger partial charge on any atom is 0.149 e. The molecule has 0 heterocycles. The fraction of sp³-hybridized carbons (Fsp3) is 0.200. The topological polar surface area (TPSA) is 21.3 Å². The number of hydrogen-bond donors (Lipinski definition) is 1. The number of halogens is 2. The molecule has 0 bridgehead atoms. The molecule has 2 rings (SSSR count). The zero-order chi connectivity index (χ0) is 13.7. The lowest BCUT2D eigenvalue weighted by molar-refractivity contribution is 0.185. The van der Waals surface area contributed by atoms with E-state index in [0.29, 0.717) is 18.8 Å². The summed E-state index contributed by atoms with van der Waals surface area (Å²) in [5, 5.41) is 2.94. The van der Waals surface area contributed by atoms with E-state index in [1.165, 1.54) is 12.1 Å². The van der Waals surface area contributed by atoms with E-state index in [1.54, 1.807) is 7.11 Å². The molecule has 100 valence electrons. The third-order valence-corrected chi connectivity index (χ3v) is 2.72. The van der Waals surface area contributed by atoms with E-state index < -0.39 is 11.6 Å². The summed E-state index contributed by atoms with van der Waals surface area (Å²) in [5.41, 5.74) is 2.36. The highest BCUT2D eigenvalue weighted by Crippen LogP contribution is 2.16. The quantitative estimate of drug-likeness (QED) is 0.887. The van der Waals surface area contributed by atoms with E-state index in [2.05, 4.69) is 5.32 Å². The molecule has 0 aromatic heterocycles. The Labute approximate surface area is 111 Å². The van der Waals surface area contributed by atoms with Crippen molar-refractivity contribution >= 4 is 5.69 Å². The smallest absolute Gasteiger partial charge is 0.149 e. The minimum atomic E-state index is -0.590. The molecule has 0 fully saturated rings. The van der Waals surface area contributed by atoms with Crippen LogP contribution in [0.4, 0.5) is 14.5 Å². The summed E-state index contributed by atoms with van der Waals surface area (Å²) >= 11 is 0. The highest BCUT2D eigenvalue weighted by atomic mass is 19.1. The molecule has 2 aromatic carbocycles. The Morgan fingerprint density at radius 2 is 1.84 bits per heavy atom. The lowest BCUT2D eigenvalue weighted by Gasteiger charge is -2.09. The van der Waals surface area contributed by atoms with E-state index >= 15 is 0 Å². The first-order chi connectivity index (χ1) is 9.19. The maximum atomic E-state index is 13.4. The van der Waals surface area contributed by atoms with Gasteiger partial charge in [0.25, 0.3) is 0 Å². The van der Waals surface area contributed by atoms with Crippen LogP contribution >= 0.6 is 0 Å². The van der Waals surface area contributed by atoms with E-state index in [9.17, 15) is 8.78 Å². The van der Waals surface area contributed by atoms with Gasteiger partial charge in [-0.2, -0.15) is 0 Å². The minimum absolute atomic E-state index is 0.290. The second-order valence-corrected chi connectivity index (χ2v) is 4.23. The van der Waals surface area contributed by atoms with Crippen molar-refractivity contribution in [1.29, 1.82) is 0 Å². The van der Waals surface area contributed by atoms with Crippen LogP contribution in [0.3, 0.4) is 0 Å². The molecule has 0 amide bonds. The lowest BCUT2D eigenvalue weighted by Crippen LogP contribution is -2.02. The molecule has 19 heavy (non-hydrogen) atoms. The second kappa shape index (κ2) is 6.29. The number of hydrogen-bond acceptors (Lipinski definition) is 2. The molecule has 1 N–H and O–H groups in total. The number of rotatable bonds is 5. The highest BCUT2D eigenvalue weighted by molar-refractivity contribution is 5.45. The Balaban J connectivity index is 2.03. The van der Waals surface area contributed by atoms with Crippen LogP contribution in [0.15, 0.2) is 42.5 Å². The molecule has 2 nitrogen and oxygen atoms in total. The van der Waals surface area contributed by atoms with Crippen molar-refractivity contribution in [2.75, 3.05) is 12.4 Å². The molecule has 4 heteroatoms. The lowest BCUT2D eigenvalue weighted by atomic mass is 10.1. The normalized spacial score (nSPS) is 10.5. The number of nitrogens with one attached hydrogen (secondary N) is 1. The van der Waals surface area contributed by atoms with E-state index in [-0.39, 0.29) is 0 Å². The predicted octanol–water partition coefficient (Wildman–Crippen LogP) is 3.72. The van der Waals surface area contributed by atoms with Gasteiger partial charge in [-0.25, -0.2) is 8.78 Å². The molecular formula is C15H15F2NO. The highest BCUT2D eigenvalue weighted by Gasteiger charge is 2.03. The Morgan fingerprint density at radius 3 is 2.58 bits per heavy atom. The molecule has 0 atom stereocenters. The Hall–Kier alpha value is -1.94. The van der Waals surface area contributed by atoms with Gasteiger partial charge >= 0.3 is 0 Å². The number of ether oxygens (including phenoxy) is 1. The average Bonchev–Trinajstić information content (AvgIpc) is 2.38. The molecule has 0 aliphatic heterocycles. The van der Waals surface area contributed by atoms with Gasteiger partial charge in [-0.05, 0) is 23.3 Å². The van der Waals surface area contributed by atoms with Gasteiger partial charge in [0.15, 0.2) is 0 Å². The standard InChI is InChI=1S/C15H15F2NO/c1-19-10-12-4-2-3-11(7-12)9-18-15-6-5-13(16)8-14(15)17/h2-8,18H,9-10H2,1H3. The molecule has 0 unspecified atom stereocenters. The van der Waals surface area contributed by atoms with Crippen LogP contribution in [-0.4, -0.2) is 7.11 Å². The Morgan fingerprint density at radius 1 is 1.05 bits per heavy atom. The van der Waals surface area contributed by atoms with Crippen molar-refractivity contribution in [1.82, 2.24) is 0 Å². The van der Waals surface area contributed by atoms with Gasteiger partial charge in [0.05, 0.1) is 12.3 Å². The molecule has 0 radical (unpaired) electrons. The van der Waals surface area contributed by atoms with Crippen molar-refractivity contribution in [2.24, 2.45) is 0 Å². The largest absolute Gasteiger partial charge is 0.380 e. The van der Waals surface area contributed by atoms with Crippen LogP contribution in [0.2, 0.25) is 0 Å². The van der Waals surface area contributed by atoms with Crippen molar-refractivity contribution in [2.45, 2.75) is 13.2 Å². The van der Waals surface area contributed by atoms with Gasteiger partial charge in [0, 0.05) is 19.7 Å². The first-order valence-electron chi connectivity index (χ1n) is 5.94. The third-order valence-electron chi connectivity index (χ3n) is 2.72. The van der Waals surface area contributed by atoms with E-state index in [1.807, 2.05) is 24.3 Å². The molecule has 0 saturated heterocycles. The van der Waals surface area contributed by atoms with Gasteiger partial charge in [-0.1, -0.05) is 24.3 Å². The van der Waals surface area contributed by atoms with Crippen molar-refractivity contribution in [3.05, 3.63) is 65.2 Å².